The maximum Gasteiger partial charge on any atom is 0.410 e. The predicted molar refractivity (Wildman–Crippen MR) is 85.7 cm³/mol. The van der Waals surface area contributed by atoms with Gasteiger partial charge in [-0.25, -0.2) is 9.59 Å². The molecule has 2 rings (SSSR count). The Bertz CT molecular complexity index is 629. The van der Waals surface area contributed by atoms with Crippen molar-refractivity contribution in [1.29, 1.82) is 0 Å². The zero-order valence-electron chi connectivity index (χ0n) is 13.5. The molecule has 2 amide bonds. The Morgan fingerprint density at radius 2 is 2.00 bits per heavy atom. The Labute approximate surface area is 140 Å². The molecule has 1 aromatic rings. The highest BCUT2D eigenvalue weighted by atomic mass is 16.6. The van der Waals surface area contributed by atoms with Gasteiger partial charge in [-0.05, 0) is 18.4 Å². The van der Waals surface area contributed by atoms with Crippen molar-refractivity contribution in [3.8, 4) is 0 Å². The second-order valence-corrected chi connectivity index (χ2v) is 5.35. The molecule has 1 aliphatic rings. The molecule has 1 atom stereocenters. The lowest BCUT2D eigenvalue weighted by molar-refractivity contribution is -0.138. The monoisotopic (exact) mass is 332 g/mol. The number of hydrogen-bond acceptors (Lipinski definition) is 5. The van der Waals surface area contributed by atoms with Crippen molar-refractivity contribution in [2.45, 2.75) is 25.5 Å². The smallest absolute Gasteiger partial charge is 0.410 e. The van der Waals surface area contributed by atoms with Crippen LogP contribution in [0.15, 0.2) is 42.6 Å². The van der Waals surface area contributed by atoms with Crippen LogP contribution in [0.4, 0.5) is 4.79 Å². The molecule has 1 fully saturated rings. The number of rotatable bonds is 5. The molecule has 0 bridgehead atoms. The normalized spacial score (nSPS) is 16.4. The highest BCUT2D eigenvalue weighted by molar-refractivity contribution is 5.95. The predicted octanol–water partition coefficient (Wildman–Crippen LogP) is 1.59. The molecule has 1 aliphatic heterocycles. The quantitative estimate of drug-likeness (QED) is 0.654. The molecule has 1 saturated heterocycles. The third-order valence-electron chi connectivity index (χ3n) is 3.70. The van der Waals surface area contributed by atoms with E-state index >= 15 is 0 Å². The first-order valence-electron chi connectivity index (χ1n) is 7.58. The highest BCUT2D eigenvalue weighted by Gasteiger charge is 2.35. The van der Waals surface area contributed by atoms with E-state index in [1.54, 1.807) is 0 Å². The van der Waals surface area contributed by atoms with Crippen molar-refractivity contribution in [2.75, 3.05) is 13.7 Å². The van der Waals surface area contributed by atoms with Crippen molar-refractivity contribution < 1.29 is 23.9 Å². The zero-order chi connectivity index (χ0) is 17.5. The first-order valence-corrected chi connectivity index (χ1v) is 7.58. The first-order chi connectivity index (χ1) is 11.5. The number of nitrogens with one attached hydrogen (secondary N) is 1. The maximum atomic E-state index is 12.2. The van der Waals surface area contributed by atoms with E-state index in [0.717, 1.165) is 5.56 Å². The molecule has 0 radical (unpaired) electrons. The minimum atomic E-state index is -0.723. The summed E-state index contributed by atoms with van der Waals surface area (Å²) in [4.78, 5) is 37.1. The molecular weight excluding hydrogens is 312 g/mol. The Morgan fingerprint density at radius 3 is 2.67 bits per heavy atom. The Balaban J connectivity index is 1.91. The van der Waals surface area contributed by atoms with Gasteiger partial charge in [-0.2, -0.15) is 0 Å². The lowest BCUT2D eigenvalue weighted by Crippen LogP contribution is -2.46. The van der Waals surface area contributed by atoms with Gasteiger partial charge in [0.25, 0.3) is 0 Å². The molecule has 1 heterocycles. The summed E-state index contributed by atoms with van der Waals surface area (Å²) in [6.45, 7) is 4.01. The van der Waals surface area contributed by atoms with Gasteiger partial charge in [-0.1, -0.05) is 36.9 Å². The molecule has 0 unspecified atom stereocenters. The lowest BCUT2D eigenvalue weighted by Gasteiger charge is -2.23. The van der Waals surface area contributed by atoms with Gasteiger partial charge in [0.05, 0.1) is 7.11 Å². The number of amides is 2. The number of hydrogen-bond donors (Lipinski definition) is 1. The fourth-order valence-corrected chi connectivity index (χ4v) is 2.47. The number of benzene rings is 1. The second kappa shape index (κ2) is 8.14. The van der Waals surface area contributed by atoms with E-state index in [0.29, 0.717) is 19.4 Å². The molecule has 1 aromatic carbocycles. The molecule has 128 valence electrons. The number of esters is 1. The summed E-state index contributed by atoms with van der Waals surface area (Å²) in [5, 5.41) is 2.37. The number of methoxy groups -OCH3 is 1. The molecular formula is C17H20N2O5. The van der Waals surface area contributed by atoms with Crippen molar-refractivity contribution >= 4 is 18.0 Å². The van der Waals surface area contributed by atoms with E-state index in [1.165, 1.54) is 12.0 Å². The molecule has 24 heavy (non-hydrogen) atoms. The van der Waals surface area contributed by atoms with Crippen LogP contribution in [0.5, 0.6) is 0 Å². The van der Waals surface area contributed by atoms with Crippen LogP contribution >= 0.6 is 0 Å². The summed E-state index contributed by atoms with van der Waals surface area (Å²) in [7, 11) is 1.20. The van der Waals surface area contributed by atoms with E-state index in [-0.39, 0.29) is 12.3 Å². The minimum absolute atomic E-state index is 0.138. The van der Waals surface area contributed by atoms with Crippen LogP contribution in [0.1, 0.15) is 18.4 Å². The number of nitrogens with zero attached hydrogens (tertiary/aromatic N) is 1. The average Bonchev–Trinajstić information content (AvgIpc) is 3.09. The van der Waals surface area contributed by atoms with Crippen LogP contribution < -0.4 is 5.32 Å². The van der Waals surface area contributed by atoms with Gasteiger partial charge in [0.2, 0.25) is 5.91 Å². The van der Waals surface area contributed by atoms with Crippen molar-refractivity contribution in [3.05, 3.63) is 48.2 Å². The van der Waals surface area contributed by atoms with E-state index in [9.17, 15) is 14.4 Å². The van der Waals surface area contributed by atoms with Crippen LogP contribution in [-0.2, 0) is 25.7 Å². The molecule has 0 spiro atoms. The van der Waals surface area contributed by atoms with Crippen molar-refractivity contribution in [1.82, 2.24) is 10.2 Å². The van der Waals surface area contributed by atoms with E-state index < -0.39 is 24.0 Å². The largest absolute Gasteiger partial charge is 0.464 e. The summed E-state index contributed by atoms with van der Waals surface area (Å²) in [6, 6.07) is 8.60. The highest BCUT2D eigenvalue weighted by Crippen LogP contribution is 2.19. The number of carbonyl (C=O) groups excluding carboxylic acids is 3. The third-order valence-corrected chi connectivity index (χ3v) is 3.70. The van der Waals surface area contributed by atoms with Crippen molar-refractivity contribution in [3.63, 3.8) is 0 Å². The minimum Gasteiger partial charge on any atom is -0.464 e. The Morgan fingerprint density at radius 1 is 1.29 bits per heavy atom. The topological polar surface area (TPSA) is 84.9 Å². The molecule has 0 aliphatic carbocycles. The maximum absolute atomic E-state index is 12.2. The molecule has 7 nitrogen and oxygen atoms in total. The standard InChI is InChI=1S/C17H20N2O5/c1-12(16(21)23-2)18-15(20)14-9-6-10-19(14)17(22)24-11-13-7-4-3-5-8-13/h3-5,7-8,14H,1,6,9-11H2,2H3,(H,18,20)/t14-/m0/s1. The van der Waals surface area contributed by atoms with E-state index in [1.807, 2.05) is 30.3 Å². The lowest BCUT2D eigenvalue weighted by atomic mass is 10.2. The van der Waals surface area contributed by atoms with Gasteiger partial charge < -0.3 is 14.8 Å². The van der Waals surface area contributed by atoms with Crippen LogP contribution in [0, 0.1) is 0 Å². The summed E-state index contributed by atoms with van der Waals surface area (Å²) < 4.78 is 9.74. The number of ether oxygens (including phenoxy) is 2. The molecule has 0 saturated carbocycles. The first kappa shape index (κ1) is 17.5. The van der Waals surface area contributed by atoms with Crippen LogP contribution in [0.3, 0.4) is 0 Å². The summed E-state index contributed by atoms with van der Waals surface area (Å²) in [5.74, 6) is -1.20. The van der Waals surface area contributed by atoms with Gasteiger partial charge in [0.1, 0.15) is 18.3 Å². The molecule has 0 aromatic heterocycles. The fraction of sp³-hybridized carbons (Fsp3) is 0.353. The Hall–Kier alpha value is -2.83. The SMILES string of the molecule is C=C(NC(=O)[C@@H]1CCCN1C(=O)OCc1ccccc1)C(=O)OC. The second-order valence-electron chi connectivity index (χ2n) is 5.35. The Kier molecular flexibility index (Phi) is 5.95. The summed E-state index contributed by atoms with van der Waals surface area (Å²) >= 11 is 0. The summed E-state index contributed by atoms with van der Waals surface area (Å²) in [6.07, 6.45) is 0.629. The van der Waals surface area contributed by atoms with Crippen LogP contribution in [-0.4, -0.2) is 42.6 Å². The van der Waals surface area contributed by atoms with Gasteiger partial charge in [0.15, 0.2) is 0 Å². The van der Waals surface area contributed by atoms with Gasteiger partial charge >= 0.3 is 12.1 Å². The third kappa shape index (κ3) is 4.34. The molecule has 1 N–H and O–H groups in total. The fourth-order valence-electron chi connectivity index (χ4n) is 2.47. The van der Waals surface area contributed by atoms with Crippen molar-refractivity contribution in [2.24, 2.45) is 0 Å². The number of carbonyl (C=O) groups is 3. The van der Waals surface area contributed by atoms with Gasteiger partial charge in [-0.15, -0.1) is 0 Å². The zero-order valence-corrected chi connectivity index (χ0v) is 13.5. The molecule has 7 heteroatoms. The van der Waals surface area contributed by atoms with E-state index in [2.05, 4.69) is 16.6 Å². The average molecular weight is 332 g/mol. The van der Waals surface area contributed by atoms with Crippen LogP contribution in [0.25, 0.3) is 0 Å². The van der Waals surface area contributed by atoms with Gasteiger partial charge in [0, 0.05) is 6.54 Å². The van der Waals surface area contributed by atoms with Crippen LogP contribution in [0.2, 0.25) is 0 Å². The number of likely N-dealkylation sites (tertiary alicyclic amines) is 1. The summed E-state index contributed by atoms with van der Waals surface area (Å²) in [5.41, 5.74) is 0.706. The van der Waals surface area contributed by atoms with E-state index in [4.69, 9.17) is 4.74 Å². The van der Waals surface area contributed by atoms with Gasteiger partial charge in [-0.3, -0.25) is 9.69 Å².